The first-order valence-corrected chi connectivity index (χ1v) is 9.46. The van der Waals surface area contributed by atoms with E-state index in [0.717, 1.165) is 16.8 Å². The number of aryl methyl sites for hydroxylation is 1. The molecular formula is C20H23NOS. The molecule has 2 aromatic rings. The Kier molecular flexibility index (Phi) is 5.06. The summed E-state index contributed by atoms with van der Waals surface area (Å²) in [5.41, 5.74) is 4.01. The van der Waals surface area contributed by atoms with Crippen LogP contribution in [0.4, 0.5) is 0 Å². The van der Waals surface area contributed by atoms with Crippen molar-refractivity contribution in [3.8, 4) is 0 Å². The fourth-order valence-corrected chi connectivity index (χ4v) is 3.58. The van der Waals surface area contributed by atoms with Crippen LogP contribution < -0.4 is 5.56 Å². The van der Waals surface area contributed by atoms with Crippen molar-refractivity contribution >= 4 is 17.3 Å². The summed E-state index contributed by atoms with van der Waals surface area (Å²) in [6.07, 6.45) is 9.57. The minimum atomic E-state index is 0.000515. The van der Waals surface area contributed by atoms with E-state index in [9.17, 15) is 4.79 Å². The van der Waals surface area contributed by atoms with Crippen LogP contribution in [0.25, 0.3) is 5.57 Å². The van der Waals surface area contributed by atoms with Gasteiger partial charge in [-0.15, -0.1) is 11.8 Å². The second kappa shape index (κ2) is 7.22. The van der Waals surface area contributed by atoms with E-state index in [1.807, 2.05) is 19.1 Å². The zero-order valence-corrected chi connectivity index (χ0v) is 14.6. The van der Waals surface area contributed by atoms with E-state index in [4.69, 9.17) is 0 Å². The van der Waals surface area contributed by atoms with Crippen LogP contribution in [0.1, 0.15) is 42.5 Å². The molecule has 120 valence electrons. The van der Waals surface area contributed by atoms with Gasteiger partial charge in [-0.1, -0.05) is 37.1 Å². The standard InChI is InChI=1S/C20H23NOS/c1-14-7-12-19(21-20(14)22)18(13-15-5-3-4-6-15)16-8-10-17(23-2)11-9-16/h7-13,15H,3-6H2,1-2H3,(H,21,22)/b18-13+. The van der Waals surface area contributed by atoms with E-state index < -0.39 is 0 Å². The van der Waals surface area contributed by atoms with Crippen LogP contribution in [0.3, 0.4) is 0 Å². The van der Waals surface area contributed by atoms with Gasteiger partial charge in [-0.3, -0.25) is 4.79 Å². The van der Waals surface area contributed by atoms with Gasteiger partial charge in [0.15, 0.2) is 0 Å². The lowest BCUT2D eigenvalue weighted by Crippen LogP contribution is -2.11. The summed E-state index contributed by atoms with van der Waals surface area (Å²) in [4.78, 5) is 16.3. The summed E-state index contributed by atoms with van der Waals surface area (Å²) in [7, 11) is 0. The molecule has 3 heteroatoms. The van der Waals surface area contributed by atoms with Crippen molar-refractivity contribution in [2.75, 3.05) is 6.26 Å². The quantitative estimate of drug-likeness (QED) is 0.800. The average molecular weight is 325 g/mol. The van der Waals surface area contributed by atoms with Gasteiger partial charge in [-0.2, -0.15) is 0 Å². The van der Waals surface area contributed by atoms with Gasteiger partial charge >= 0.3 is 0 Å². The summed E-state index contributed by atoms with van der Waals surface area (Å²) < 4.78 is 0. The molecule has 0 aliphatic heterocycles. The molecule has 1 N–H and O–H groups in total. The van der Waals surface area contributed by atoms with Crippen LogP contribution >= 0.6 is 11.8 Å². The predicted octanol–water partition coefficient (Wildman–Crippen LogP) is 5.03. The third kappa shape index (κ3) is 3.78. The van der Waals surface area contributed by atoms with Crippen molar-refractivity contribution in [1.82, 2.24) is 4.98 Å². The van der Waals surface area contributed by atoms with Crippen molar-refractivity contribution in [3.05, 3.63) is 69.6 Å². The van der Waals surface area contributed by atoms with E-state index in [0.29, 0.717) is 5.92 Å². The van der Waals surface area contributed by atoms with Gasteiger partial charge < -0.3 is 4.98 Å². The number of benzene rings is 1. The number of hydrogen-bond acceptors (Lipinski definition) is 2. The van der Waals surface area contributed by atoms with Crippen molar-refractivity contribution in [2.45, 2.75) is 37.5 Å². The van der Waals surface area contributed by atoms with E-state index in [1.165, 1.54) is 36.1 Å². The molecule has 0 saturated heterocycles. The van der Waals surface area contributed by atoms with Crippen LogP contribution in [0.2, 0.25) is 0 Å². The van der Waals surface area contributed by atoms with Crippen LogP contribution in [-0.2, 0) is 0 Å². The Bertz CT molecular complexity index is 752. The first-order valence-electron chi connectivity index (χ1n) is 8.24. The first-order chi connectivity index (χ1) is 11.2. The number of rotatable bonds is 4. The maximum atomic E-state index is 12.0. The zero-order chi connectivity index (χ0) is 16.2. The maximum Gasteiger partial charge on any atom is 0.251 e. The number of allylic oxidation sites excluding steroid dienone is 1. The summed E-state index contributed by atoms with van der Waals surface area (Å²) in [6, 6.07) is 12.5. The Labute approximate surface area is 142 Å². The monoisotopic (exact) mass is 325 g/mol. The van der Waals surface area contributed by atoms with Gasteiger partial charge in [0, 0.05) is 21.7 Å². The second-order valence-electron chi connectivity index (χ2n) is 6.24. The van der Waals surface area contributed by atoms with Crippen molar-refractivity contribution in [3.63, 3.8) is 0 Å². The lowest BCUT2D eigenvalue weighted by atomic mass is 9.96. The molecule has 1 heterocycles. The molecule has 2 nitrogen and oxygen atoms in total. The van der Waals surface area contributed by atoms with E-state index in [1.54, 1.807) is 11.8 Å². The molecular weight excluding hydrogens is 302 g/mol. The smallest absolute Gasteiger partial charge is 0.251 e. The Morgan fingerprint density at radius 2 is 1.83 bits per heavy atom. The molecule has 0 radical (unpaired) electrons. The Hall–Kier alpha value is -1.74. The Morgan fingerprint density at radius 1 is 1.13 bits per heavy atom. The fourth-order valence-electron chi connectivity index (χ4n) is 3.18. The van der Waals surface area contributed by atoms with E-state index in [2.05, 4.69) is 41.6 Å². The third-order valence-corrected chi connectivity index (χ3v) is 5.34. The number of H-pyrrole nitrogens is 1. The molecule has 0 atom stereocenters. The fraction of sp³-hybridized carbons (Fsp3) is 0.350. The molecule has 1 aliphatic rings. The number of nitrogens with one attached hydrogen (secondary N) is 1. The molecule has 1 fully saturated rings. The Morgan fingerprint density at radius 3 is 2.43 bits per heavy atom. The maximum absolute atomic E-state index is 12.0. The first kappa shape index (κ1) is 16.1. The van der Waals surface area contributed by atoms with E-state index in [-0.39, 0.29) is 5.56 Å². The van der Waals surface area contributed by atoms with Gasteiger partial charge in [-0.05, 0) is 55.7 Å². The minimum absolute atomic E-state index is 0.000515. The van der Waals surface area contributed by atoms with Crippen molar-refractivity contribution < 1.29 is 0 Å². The molecule has 0 spiro atoms. The van der Waals surface area contributed by atoms with Crippen LogP contribution in [0.5, 0.6) is 0 Å². The van der Waals surface area contributed by atoms with Gasteiger partial charge in [0.25, 0.3) is 5.56 Å². The molecule has 23 heavy (non-hydrogen) atoms. The summed E-state index contributed by atoms with van der Waals surface area (Å²) in [5.74, 6) is 0.620. The lowest BCUT2D eigenvalue weighted by Gasteiger charge is -2.12. The molecule has 1 saturated carbocycles. The van der Waals surface area contributed by atoms with Gasteiger partial charge in [0.1, 0.15) is 0 Å². The topological polar surface area (TPSA) is 32.9 Å². The Balaban J connectivity index is 2.04. The molecule has 1 aromatic heterocycles. The molecule has 0 amide bonds. The molecule has 3 rings (SSSR count). The summed E-state index contributed by atoms with van der Waals surface area (Å²) >= 11 is 1.75. The molecule has 1 aromatic carbocycles. The highest BCUT2D eigenvalue weighted by atomic mass is 32.2. The van der Waals surface area contributed by atoms with Gasteiger partial charge in [0.05, 0.1) is 0 Å². The number of aromatic amines is 1. The number of aromatic nitrogens is 1. The normalized spacial score (nSPS) is 16.0. The minimum Gasteiger partial charge on any atom is -0.322 e. The van der Waals surface area contributed by atoms with Crippen LogP contribution in [-0.4, -0.2) is 11.2 Å². The summed E-state index contributed by atoms with van der Waals surface area (Å²) in [6.45, 7) is 1.84. The predicted molar refractivity (Wildman–Crippen MR) is 99.1 cm³/mol. The zero-order valence-electron chi connectivity index (χ0n) is 13.8. The lowest BCUT2D eigenvalue weighted by molar-refractivity contribution is 0.687. The van der Waals surface area contributed by atoms with Crippen LogP contribution in [0.15, 0.2) is 52.2 Å². The SMILES string of the molecule is CSc1ccc(/C(=C\C2CCCC2)c2ccc(C)c(=O)[nH]2)cc1. The van der Waals surface area contributed by atoms with Crippen molar-refractivity contribution in [1.29, 1.82) is 0 Å². The highest BCUT2D eigenvalue weighted by molar-refractivity contribution is 7.98. The highest BCUT2D eigenvalue weighted by Gasteiger charge is 2.16. The third-order valence-electron chi connectivity index (χ3n) is 4.60. The largest absolute Gasteiger partial charge is 0.322 e. The molecule has 1 aliphatic carbocycles. The van der Waals surface area contributed by atoms with Gasteiger partial charge in [0.2, 0.25) is 0 Å². The number of pyridine rings is 1. The second-order valence-corrected chi connectivity index (χ2v) is 7.12. The highest BCUT2D eigenvalue weighted by Crippen LogP contribution is 2.32. The molecule has 0 bridgehead atoms. The number of hydrogen-bond donors (Lipinski definition) is 1. The van der Waals surface area contributed by atoms with E-state index >= 15 is 0 Å². The van der Waals surface area contributed by atoms with Gasteiger partial charge in [-0.25, -0.2) is 0 Å². The molecule has 0 unspecified atom stereocenters. The van der Waals surface area contributed by atoms with Crippen LogP contribution in [0, 0.1) is 12.8 Å². The van der Waals surface area contributed by atoms with Crippen molar-refractivity contribution in [2.24, 2.45) is 5.92 Å². The number of thioether (sulfide) groups is 1. The average Bonchev–Trinajstić information content (AvgIpc) is 3.09. The summed E-state index contributed by atoms with van der Waals surface area (Å²) in [5, 5.41) is 0.